The second kappa shape index (κ2) is 15.9. The fraction of sp³-hybridized carbons (Fsp3) is 0.455. The molecule has 4 amide bonds. The summed E-state index contributed by atoms with van der Waals surface area (Å²) in [5.41, 5.74) is 1.83. The van der Waals surface area contributed by atoms with Crippen LogP contribution in [0.1, 0.15) is 58.0 Å². The van der Waals surface area contributed by atoms with Crippen LogP contribution >= 0.6 is 0 Å². The van der Waals surface area contributed by atoms with Gasteiger partial charge in [-0.1, -0.05) is 74.5 Å². The van der Waals surface area contributed by atoms with Gasteiger partial charge in [0.1, 0.15) is 24.5 Å². The van der Waals surface area contributed by atoms with Crippen molar-refractivity contribution in [3.8, 4) is 11.4 Å². The number of fused-ring (bicyclic) bond motifs is 1. The van der Waals surface area contributed by atoms with Gasteiger partial charge in [0.05, 0.1) is 12.6 Å². The summed E-state index contributed by atoms with van der Waals surface area (Å²) in [6.07, 6.45) is 0.991. The van der Waals surface area contributed by atoms with E-state index >= 15 is 0 Å². The highest BCUT2D eigenvalue weighted by molar-refractivity contribution is 5.92. The lowest BCUT2D eigenvalue weighted by Gasteiger charge is -2.25. The average molecular weight is 617 g/mol. The Morgan fingerprint density at radius 1 is 0.822 bits per heavy atom. The van der Waals surface area contributed by atoms with Crippen LogP contribution in [0.3, 0.4) is 0 Å². The molecule has 12 heteroatoms. The molecule has 0 unspecified atom stereocenters. The van der Waals surface area contributed by atoms with Crippen molar-refractivity contribution in [3.63, 3.8) is 0 Å². The normalized spacial score (nSPS) is 21.4. The monoisotopic (exact) mass is 616 g/mol. The topological polar surface area (TPSA) is 150 Å². The standard InChI is InChI=1S/C33H44N8O4/c1-22(2)18-27-33(45)36-23(3)31-38-30(26-14-9-6-10-15-26)39-41(31)21-28(42)34-16-11-17-40(19-25-12-7-5-8-13-25)20-29(43)35-24(4)32(44)37-27/h5-10,12-15,22-24,27H,11,16-21H2,1-4H3,(H,34,42)(H,35,43)(H,36,45)(H,37,44)/t23-,24+,27+/m0/s1. The second-order valence-electron chi connectivity index (χ2n) is 11.9. The number of amides is 4. The van der Waals surface area contributed by atoms with Crippen LogP contribution in [0.2, 0.25) is 0 Å². The van der Waals surface area contributed by atoms with Crippen molar-refractivity contribution in [1.82, 2.24) is 40.9 Å². The maximum Gasteiger partial charge on any atom is 0.243 e. The molecule has 2 heterocycles. The highest BCUT2D eigenvalue weighted by Gasteiger charge is 2.28. The van der Waals surface area contributed by atoms with E-state index in [0.29, 0.717) is 44.1 Å². The molecule has 0 saturated heterocycles. The summed E-state index contributed by atoms with van der Waals surface area (Å²) in [6.45, 7) is 8.75. The molecule has 1 aromatic heterocycles. The first-order valence-electron chi connectivity index (χ1n) is 15.5. The lowest BCUT2D eigenvalue weighted by molar-refractivity contribution is -0.132. The van der Waals surface area contributed by atoms with Gasteiger partial charge in [-0.3, -0.25) is 24.1 Å². The molecule has 3 atom stereocenters. The Hall–Kier alpha value is -4.58. The molecule has 0 bridgehead atoms. The zero-order valence-corrected chi connectivity index (χ0v) is 26.5. The molecular formula is C33H44N8O4. The smallest absolute Gasteiger partial charge is 0.243 e. The number of benzene rings is 2. The zero-order valence-electron chi connectivity index (χ0n) is 26.5. The third-order valence-electron chi connectivity index (χ3n) is 7.47. The van der Waals surface area contributed by atoms with Crippen molar-refractivity contribution in [3.05, 3.63) is 72.1 Å². The molecule has 45 heavy (non-hydrogen) atoms. The number of carbonyl (C=O) groups excluding carboxylic acids is 4. The molecule has 0 radical (unpaired) electrons. The van der Waals surface area contributed by atoms with Crippen LogP contribution in [-0.4, -0.2) is 75.0 Å². The first-order chi connectivity index (χ1) is 21.6. The Kier molecular flexibility index (Phi) is 11.8. The summed E-state index contributed by atoms with van der Waals surface area (Å²) in [7, 11) is 0. The minimum absolute atomic E-state index is 0.0679. The van der Waals surface area contributed by atoms with Gasteiger partial charge in [0, 0.05) is 25.2 Å². The minimum atomic E-state index is -0.853. The van der Waals surface area contributed by atoms with Crippen LogP contribution in [-0.2, 0) is 32.3 Å². The molecule has 3 aromatic rings. The SMILES string of the molecule is CC(C)C[C@H]1NC(=O)[C@@H](C)NC(=O)CN(Cc2ccccc2)CCCNC(=O)Cn2nc(-c3ccccc3)nc2[C@H](C)NC1=O. The summed E-state index contributed by atoms with van der Waals surface area (Å²) < 4.78 is 1.51. The third-order valence-corrected chi connectivity index (χ3v) is 7.47. The first kappa shape index (κ1) is 33.3. The Morgan fingerprint density at radius 3 is 2.20 bits per heavy atom. The van der Waals surface area contributed by atoms with Gasteiger partial charge >= 0.3 is 0 Å². The van der Waals surface area contributed by atoms with E-state index in [1.54, 1.807) is 13.8 Å². The fourth-order valence-corrected chi connectivity index (χ4v) is 5.21. The highest BCUT2D eigenvalue weighted by Crippen LogP contribution is 2.19. The molecule has 0 fully saturated rings. The van der Waals surface area contributed by atoms with Gasteiger partial charge in [-0.15, -0.1) is 0 Å². The van der Waals surface area contributed by atoms with Crippen molar-refractivity contribution in [2.75, 3.05) is 19.6 Å². The van der Waals surface area contributed by atoms with Crippen molar-refractivity contribution < 1.29 is 19.2 Å². The van der Waals surface area contributed by atoms with Crippen LogP contribution in [0.15, 0.2) is 60.7 Å². The van der Waals surface area contributed by atoms with Crippen LogP contribution in [0, 0.1) is 5.92 Å². The molecule has 1 aliphatic rings. The maximum atomic E-state index is 13.5. The number of nitrogens with zero attached hydrogens (tertiary/aromatic N) is 4. The summed E-state index contributed by atoms with van der Waals surface area (Å²) in [6, 6.07) is 16.9. The number of nitrogens with one attached hydrogen (secondary N) is 4. The van der Waals surface area contributed by atoms with Crippen molar-refractivity contribution in [2.24, 2.45) is 5.92 Å². The van der Waals surface area contributed by atoms with E-state index in [1.807, 2.05) is 79.4 Å². The predicted molar refractivity (Wildman–Crippen MR) is 170 cm³/mol. The van der Waals surface area contributed by atoms with Crippen LogP contribution in [0.25, 0.3) is 11.4 Å². The van der Waals surface area contributed by atoms with Crippen LogP contribution in [0.4, 0.5) is 0 Å². The van der Waals surface area contributed by atoms with Gasteiger partial charge in [-0.25, -0.2) is 9.67 Å². The molecule has 0 aliphatic carbocycles. The molecule has 240 valence electrons. The summed E-state index contributed by atoms with van der Waals surface area (Å²) in [5.74, 6) is -0.437. The molecule has 4 N–H and O–H groups in total. The molecular weight excluding hydrogens is 572 g/mol. The van der Waals surface area contributed by atoms with E-state index in [9.17, 15) is 19.2 Å². The third kappa shape index (κ3) is 9.97. The maximum absolute atomic E-state index is 13.5. The van der Waals surface area contributed by atoms with Gasteiger partial charge in [-0.2, -0.15) is 5.10 Å². The van der Waals surface area contributed by atoms with Gasteiger partial charge in [0.15, 0.2) is 5.82 Å². The second-order valence-corrected chi connectivity index (χ2v) is 11.9. The van der Waals surface area contributed by atoms with Gasteiger partial charge in [-0.05, 0) is 38.2 Å². The Bertz CT molecular complexity index is 1440. The Morgan fingerprint density at radius 2 is 1.51 bits per heavy atom. The number of rotatable bonds is 5. The van der Waals surface area contributed by atoms with Gasteiger partial charge < -0.3 is 21.3 Å². The molecule has 0 spiro atoms. The summed E-state index contributed by atoms with van der Waals surface area (Å²) in [5, 5.41) is 16.1. The molecule has 12 nitrogen and oxygen atoms in total. The fourth-order valence-electron chi connectivity index (χ4n) is 5.21. The number of hydrogen-bond donors (Lipinski definition) is 4. The van der Waals surface area contributed by atoms with Gasteiger partial charge in [0.25, 0.3) is 0 Å². The first-order valence-corrected chi connectivity index (χ1v) is 15.5. The molecule has 2 aromatic carbocycles. The lowest BCUT2D eigenvalue weighted by atomic mass is 10.0. The Labute approximate surface area is 264 Å². The minimum Gasteiger partial charge on any atom is -0.354 e. The predicted octanol–water partition coefficient (Wildman–Crippen LogP) is 2.18. The van der Waals surface area contributed by atoms with Crippen molar-refractivity contribution >= 4 is 23.6 Å². The average Bonchev–Trinajstić information content (AvgIpc) is 3.42. The van der Waals surface area contributed by atoms with Crippen LogP contribution in [0.5, 0.6) is 0 Å². The quantitative estimate of drug-likeness (QED) is 0.343. The molecule has 4 rings (SSSR count). The number of carbonyl (C=O) groups is 4. The van der Waals surface area contributed by atoms with E-state index in [2.05, 4.69) is 26.4 Å². The van der Waals surface area contributed by atoms with E-state index in [1.165, 1.54) is 4.68 Å². The van der Waals surface area contributed by atoms with Crippen molar-refractivity contribution in [2.45, 2.75) is 71.8 Å². The largest absolute Gasteiger partial charge is 0.354 e. The van der Waals surface area contributed by atoms with E-state index in [0.717, 1.165) is 11.1 Å². The highest BCUT2D eigenvalue weighted by atomic mass is 16.2. The van der Waals surface area contributed by atoms with Crippen LogP contribution < -0.4 is 21.3 Å². The molecule has 1 aliphatic heterocycles. The molecule has 0 saturated carbocycles. The van der Waals surface area contributed by atoms with Gasteiger partial charge in [0.2, 0.25) is 23.6 Å². The Balaban J connectivity index is 1.60. The number of hydrogen-bond acceptors (Lipinski definition) is 7. The summed E-state index contributed by atoms with van der Waals surface area (Å²) in [4.78, 5) is 59.5. The van der Waals surface area contributed by atoms with E-state index in [-0.39, 0.29) is 30.8 Å². The lowest BCUT2D eigenvalue weighted by Crippen LogP contribution is -2.54. The van der Waals surface area contributed by atoms with E-state index in [4.69, 9.17) is 4.98 Å². The number of aromatic nitrogens is 3. The van der Waals surface area contributed by atoms with Crippen molar-refractivity contribution in [1.29, 1.82) is 0 Å². The zero-order chi connectivity index (χ0) is 32.3. The van der Waals surface area contributed by atoms with E-state index < -0.39 is 29.9 Å². The summed E-state index contributed by atoms with van der Waals surface area (Å²) >= 11 is 0.